The van der Waals surface area contributed by atoms with Crippen molar-refractivity contribution in [2.24, 2.45) is 51.6 Å². The Morgan fingerprint density at radius 1 is 0.961 bits per heavy atom. The van der Waals surface area contributed by atoms with Gasteiger partial charge in [-0.2, -0.15) is 0 Å². The molecule has 0 radical (unpaired) electrons. The van der Waals surface area contributed by atoms with Crippen molar-refractivity contribution in [3.05, 3.63) is 11.6 Å². The Balaban J connectivity index is 1.16. The smallest absolute Gasteiger partial charge is 0.159 e. The molecule has 51 heavy (non-hydrogen) atoms. The third kappa shape index (κ3) is 5.88. The maximum atomic E-state index is 14.2. The molecule has 7 aliphatic rings. The maximum Gasteiger partial charge on any atom is 0.159 e. The molecule has 0 aromatic carbocycles. The van der Waals surface area contributed by atoms with E-state index in [1.54, 1.807) is 13.0 Å². The van der Waals surface area contributed by atoms with Crippen molar-refractivity contribution in [1.29, 1.82) is 0 Å². The molecule has 0 amide bonds. The first kappa shape index (κ1) is 38.4. The molecular formula is C42H71N2O7+. The molecule has 2 saturated heterocycles. The quantitative estimate of drug-likeness (QED) is 0.158. The molecule has 290 valence electrons. The zero-order chi connectivity index (χ0) is 36.6. The summed E-state index contributed by atoms with van der Waals surface area (Å²) in [5.41, 5.74) is 1.55. The highest BCUT2D eigenvalue weighted by atomic mass is 16.6. The fraction of sp³-hybridized carbons (Fsp3) is 0.929. The second-order valence-corrected chi connectivity index (χ2v) is 19.6. The minimum Gasteiger partial charge on any atom is -0.396 e. The van der Waals surface area contributed by atoms with Gasteiger partial charge < -0.3 is 35.6 Å². The number of quaternary nitrogens is 1. The van der Waals surface area contributed by atoms with Gasteiger partial charge in [0.1, 0.15) is 18.4 Å². The number of carbonyl (C=O) groups is 1. The minimum absolute atomic E-state index is 0.0915. The zero-order valence-corrected chi connectivity index (χ0v) is 32.1. The highest BCUT2D eigenvalue weighted by Gasteiger charge is 2.74. The van der Waals surface area contributed by atoms with Crippen LogP contribution < -0.4 is 11.1 Å². The van der Waals surface area contributed by atoms with Gasteiger partial charge in [0.25, 0.3) is 0 Å². The summed E-state index contributed by atoms with van der Waals surface area (Å²) >= 11 is 0. The second kappa shape index (κ2) is 13.7. The van der Waals surface area contributed by atoms with Crippen molar-refractivity contribution in [2.45, 2.75) is 185 Å². The number of fused-ring (bicyclic) bond motifs is 5. The summed E-state index contributed by atoms with van der Waals surface area (Å²) in [5.74, 6) is 0.624. The van der Waals surface area contributed by atoms with Crippen LogP contribution in [0.4, 0.5) is 0 Å². The topological polar surface area (TPSA) is 173 Å². The lowest BCUT2D eigenvalue weighted by Crippen LogP contribution is -2.94. The predicted molar refractivity (Wildman–Crippen MR) is 195 cm³/mol. The third-order valence-corrected chi connectivity index (χ3v) is 17.2. The molecule has 6 fully saturated rings. The molecule has 9 nitrogen and oxygen atoms in total. The van der Waals surface area contributed by atoms with E-state index in [0.717, 1.165) is 76.3 Å². The van der Waals surface area contributed by atoms with Gasteiger partial charge in [0, 0.05) is 23.2 Å². The number of hydrogen-bond acceptors (Lipinski definition) is 8. The number of nitrogens with two attached hydrogens (primary N) is 2. The van der Waals surface area contributed by atoms with Crippen LogP contribution in [0, 0.1) is 45.8 Å². The summed E-state index contributed by atoms with van der Waals surface area (Å²) in [6.07, 6.45) is 15.6. The lowest BCUT2D eigenvalue weighted by atomic mass is 9.41. The summed E-state index contributed by atoms with van der Waals surface area (Å²) < 4.78 is 6.42. The molecule has 9 N–H and O–H groups in total. The van der Waals surface area contributed by atoms with Crippen molar-refractivity contribution in [3.8, 4) is 0 Å². The first-order chi connectivity index (χ1) is 24.1. The molecular weight excluding hydrogens is 644 g/mol. The third-order valence-electron chi connectivity index (χ3n) is 17.2. The Hall–Kier alpha value is -0.910. The van der Waals surface area contributed by atoms with Gasteiger partial charge in [-0.1, -0.05) is 46.5 Å². The van der Waals surface area contributed by atoms with Crippen molar-refractivity contribution in [3.63, 3.8) is 0 Å². The van der Waals surface area contributed by atoms with Gasteiger partial charge in [0.2, 0.25) is 0 Å². The number of ether oxygens (including phenoxy) is 1. The number of ketones is 1. The SMILES string of the molecule is CCC[C@](O)([C@@H]1O[C@@H]1[C@](C)(O)[C@](C)(CO)CCC1CC[NH2+]C(N)C1)[C@@H]1CC[C@]2(O)C3=CC(=O)[C@H]4C[C@@H](O)CC[C@]4(C4CCCCC4)[C@@H]3CC[C@]12C. The van der Waals surface area contributed by atoms with Gasteiger partial charge in [-0.3, -0.25) is 10.5 Å². The van der Waals surface area contributed by atoms with E-state index in [4.69, 9.17) is 10.5 Å². The van der Waals surface area contributed by atoms with Crippen LogP contribution in [0.15, 0.2) is 11.6 Å². The van der Waals surface area contributed by atoms with Gasteiger partial charge >= 0.3 is 0 Å². The number of carbonyl (C=O) groups excluding carboxylic acids is 1. The zero-order valence-electron chi connectivity index (χ0n) is 32.1. The first-order valence-electron chi connectivity index (χ1n) is 21.1. The van der Waals surface area contributed by atoms with E-state index in [1.165, 1.54) is 19.3 Å². The van der Waals surface area contributed by atoms with Crippen LogP contribution in [-0.4, -0.2) is 85.7 Å². The Bertz CT molecular complexity index is 1330. The Morgan fingerprint density at radius 2 is 1.71 bits per heavy atom. The van der Waals surface area contributed by atoms with Crippen molar-refractivity contribution >= 4 is 5.78 Å². The van der Waals surface area contributed by atoms with Crippen LogP contribution in [0.3, 0.4) is 0 Å². The monoisotopic (exact) mass is 716 g/mol. The summed E-state index contributed by atoms with van der Waals surface area (Å²) in [6, 6.07) is 0. The molecule has 5 aliphatic carbocycles. The minimum atomic E-state index is -1.38. The highest BCUT2D eigenvalue weighted by Crippen LogP contribution is 2.72. The summed E-state index contributed by atoms with van der Waals surface area (Å²) in [6.45, 7) is 8.76. The van der Waals surface area contributed by atoms with Gasteiger partial charge in [-0.15, -0.1) is 0 Å². The highest BCUT2D eigenvalue weighted by molar-refractivity contribution is 5.95. The fourth-order valence-electron chi connectivity index (χ4n) is 13.8. The molecule has 9 heteroatoms. The van der Waals surface area contributed by atoms with Crippen molar-refractivity contribution in [1.82, 2.24) is 0 Å². The lowest BCUT2D eigenvalue weighted by Gasteiger charge is -2.63. The van der Waals surface area contributed by atoms with Crippen LogP contribution in [0.1, 0.15) is 143 Å². The molecule has 0 bridgehead atoms. The summed E-state index contributed by atoms with van der Waals surface area (Å²) in [7, 11) is 0. The van der Waals surface area contributed by atoms with Crippen molar-refractivity contribution < 1.29 is 40.4 Å². The number of hydrogen-bond donors (Lipinski definition) is 7. The Kier molecular flexibility index (Phi) is 10.3. The van der Waals surface area contributed by atoms with E-state index in [-0.39, 0.29) is 41.7 Å². The molecule has 0 aromatic rings. The van der Waals surface area contributed by atoms with Crippen LogP contribution in [0.25, 0.3) is 0 Å². The second-order valence-electron chi connectivity index (χ2n) is 19.6. The molecule has 2 aliphatic heterocycles. The average Bonchev–Trinajstić information content (AvgIpc) is 3.88. The standard InChI is InChI=1S/C42H70N2O7/c1-5-16-41(49,36-35(51-36)39(4,48)37(2,25-45)17-11-26-15-21-44-34(43)22-26)33-14-20-42(50)30-24-32(47)31-23-28(46)12-19-40(31,27-9-7-6-8-10-27)29(30)13-18-38(33,42)3/h24,26-29,31,33-36,44-46,48-50H,5-23,25,43H2,1-4H3/p+1/t26?,28-,29+,31+,33+,34?,35-,36+,37-,38+,39-,40-,41+,42-/m0/s1. The van der Waals surface area contributed by atoms with Crippen LogP contribution in [-0.2, 0) is 9.53 Å². The predicted octanol–water partition coefficient (Wildman–Crippen LogP) is 3.87. The van der Waals surface area contributed by atoms with E-state index in [1.807, 2.05) is 6.92 Å². The molecule has 14 atom stereocenters. The molecule has 4 saturated carbocycles. The van der Waals surface area contributed by atoms with Crippen LogP contribution in [0.2, 0.25) is 0 Å². The number of aliphatic hydroxyl groups excluding tert-OH is 2. The number of rotatable bonds is 11. The Labute approximate surface area is 306 Å². The number of piperidine rings is 1. The van der Waals surface area contributed by atoms with E-state index in [2.05, 4.69) is 19.2 Å². The van der Waals surface area contributed by atoms with Gasteiger partial charge in [-0.05, 0) is 131 Å². The largest absolute Gasteiger partial charge is 0.396 e. The molecule has 2 unspecified atom stereocenters. The molecule has 0 spiro atoms. The van der Waals surface area contributed by atoms with Crippen LogP contribution in [0.5, 0.6) is 0 Å². The summed E-state index contributed by atoms with van der Waals surface area (Å²) in [5, 5.41) is 62.1. The number of aliphatic hydroxyl groups is 5. The van der Waals surface area contributed by atoms with Gasteiger partial charge in [0.15, 0.2) is 5.78 Å². The number of epoxide rings is 1. The van der Waals surface area contributed by atoms with E-state index >= 15 is 0 Å². The molecule has 2 heterocycles. The lowest BCUT2D eigenvalue weighted by molar-refractivity contribution is -0.699. The van der Waals surface area contributed by atoms with Gasteiger partial charge in [0.05, 0.1) is 36.1 Å². The maximum absolute atomic E-state index is 14.2. The van der Waals surface area contributed by atoms with Crippen molar-refractivity contribution in [2.75, 3.05) is 13.2 Å². The molecule has 0 aromatic heterocycles. The molecule has 7 rings (SSSR count). The first-order valence-corrected chi connectivity index (χ1v) is 21.1. The van der Waals surface area contributed by atoms with E-state index in [9.17, 15) is 30.3 Å². The number of allylic oxidation sites excluding steroid dienone is 1. The van der Waals surface area contributed by atoms with Crippen LogP contribution >= 0.6 is 0 Å². The average molecular weight is 716 g/mol. The Morgan fingerprint density at radius 3 is 2.39 bits per heavy atom. The van der Waals surface area contributed by atoms with Gasteiger partial charge in [-0.25, -0.2) is 0 Å². The normalized spacial score (nSPS) is 46.5. The van der Waals surface area contributed by atoms with E-state index < -0.39 is 45.9 Å². The fourth-order valence-corrected chi connectivity index (χ4v) is 13.8. The van der Waals surface area contributed by atoms with E-state index in [0.29, 0.717) is 43.9 Å². The summed E-state index contributed by atoms with van der Waals surface area (Å²) in [4.78, 5) is 14.2.